The van der Waals surface area contributed by atoms with Gasteiger partial charge in [0.25, 0.3) is 5.69 Å². The minimum Gasteiger partial charge on any atom is -0.454 e. The number of anilines is 1. The molecule has 1 N–H and O–H groups in total. The first-order valence-electron chi connectivity index (χ1n) is 5.80. The molecule has 0 saturated carbocycles. The molecule has 2 rings (SSSR count). The van der Waals surface area contributed by atoms with E-state index in [-0.39, 0.29) is 29.8 Å². The number of nitrogens with zero attached hydrogens (tertiary/aromatic N) is 1. The lowest BCUT2D eigenvalue weighted by Crippen LogP contribution is -2.32. The average molecular weight is 301 g/mol. The number of nitrogens with one attached hydrogen (secondary N) is 1. The topological polar surface area (TPSA) is 90.7 Å². The van der Waals surface area contributed by atoms with Crippen LogP contribution in [0, 0.1) is 15.5 Å². The van der Waals surface area contributed by atoms with Crippen LogP contribution in [-0.4, -0.2) is 23.5 Å². The van der Waals surface area contributed by atoms with Crippen molar-refractivity contribution in [3.8, 4) is 11.5 Å². The largest absolute Gasteiger partial charge is 0.454 e. The highest BCUT2D eigenvalue weighted by Crippen LogP contribution is 2.41. The number of nitro groups is 1. The number of carbonyl (C=O) groups excluding carboxylic acids is 1. The third-order valence-electron chi connectivity index (χ3n) is 2.88. The predicted octanol–water partition coefficient (Wildman–Crippen LogP) is 2.53. The number of fused-ring (bicyclic) bond motifs is 1. The molecule has 1 heterocycles. The Balaban J connectivity index is 2.36. The zero-order chi connectivity index (χ0) is 14.9. The Labute approximate surface area is 120 Å². The zero-order valence-corrected chi connectivity index (χ0v) is 11.7. The first-order valence-corrected chi connectivity index (χ1v) is 6.34. The highest BCUT2D eigenvalue weighted by Gasteiger charge is 2.30. The fourth-order valence-electron chi connectivity index (χ4n) is 1.53. The molecule has 1 aliphatic heterocycles. The molecule has 20 heavy (non-hydrogen) atoms. The van der Waals surface area contributed by atoms with Crippen molar-refractivity contribution >= 4 is 28.9 Å². The molecule has 1 aromatic rings. The number of halogens is 1. The lowest BCUT2D eigenvalue weighted by Gasteiger charge is -2.20. The van der Waals surface area contributed by atoms with E-state index in [9.17, 15) is 14.9 Å². The summed E-state index contributed by atoms with van der Waals surface area (Å²) in [6.45, 7) is 3.29. The Hall–Kier alpha value is -2.02. The van der Waals surface area contributed by atoms with E-state index in [4.69, 9.17) is 21.1 Å². The number of rotatable bonds is 4. The maximum absolute atomic E-state index is 12.1. The summed E-state index contributed by atoms with van der Waals surface area (Å²) < 4.78 is 10.2. The second-order valence-corrected chi connectivity index (χ2v) is 5.22. The van der Waals surface area contributed by atoms with Gasteiger partial charge >= 0.3 is 0 Å². The Kier molecular flexibility index (Phi) is 3.71. The molecule has 1 aliphatic rings. The maximum Gasteiger partial charge on any atom is 0.296 e. The number of hydrogen-bond donors (Lipinski definition) is 1. The van der Waals surface area contributed by atoms with Gasteiger partial charge in [-0.3, -0.25) is 14.9 Å². The predicted molar refractivity (Wildman–Crippen MR) is 72.4 cm³/mol. The molecule has 0 aliphatic carbocycles. The molecule has 0 fully saturated rings. The molecule has 0 unspecified atom stereocenters. The van der Waals surface area contributed by atoms with Gasteiger partial charge in [-0.25, -0.2) is 0 Å². The molecule has 8 heteroatoms. The number of hydrogen-bond acceptors (Lipinski definition) is 5. The highest BCUT2D eigenvalue weighted by molar-refractivity contribution is 6.20. The van der Waals surface area contributed by atoms with Crippen molar-refractivity contribution in [1.82, 2.24) is 0 Å². The lowest BCUT2D eigenvalue weighted by atomic mass is 9.95. The molecule has 0 spiro atoms. The summed E-state index contributed by atoms with van der Waals surface area (Å²) in [4.78, 5) is 22.5. The number of nitro benzene ring substituents is 1. The van der Waals surface area contributed by atoms with Crippen LogP contribution in [0.3, 0.4) is 0 Å². The first-order chi connectivity index (χ1) is 9.35. The summed E-state index contributed by atoms with van der Waals surface area (Å²) in [6, 6.07) is 2.61. The molecule has 0 radical (unpaired) electrons. The van der Waals surface area contributed by atoms with Gasteiger partial charge in [-0.05, 0) is 13.8 Å². The molecular formula is C12H13ClN2O5. The third kappa shape index (κ3) is 2.62. The van der Waals surface area contributed by atoms with Gasteiger partial charge in [0, 0.05) is 11.9 Å². The van der Waals surface area contributed by atoms with Crippen molar-refractivity contribution in [3.63, 3.8) is 0 Å². The molecule has 7 nitrogen and oxygen atoms in total. The summed E-state index contributed by atoms with van der Waals surface area (Å²) in [5.74, 6) is 0.326. The summed E-state index contributed by atoms with van der Waals surface area (Å²) >= 11 is 5.71. The van der Waals surface area contributed by atoms with Crippen LogP contribution in [0.5, 0.6) is 11.5 Å². The summed E-state index contributed by atoms with van der Waals surface area (Å²) in [6.07, 6.45) is 0. The minimum absolute atomic E-state index is 0.00292. The summed E-state index contributed by atoms with van der Waals surface area (Å²) in [5, 5.41) is 13.6. The quantitative estimate of drug-likeness (QED) is 0.524. The molecule has 0 atom stereocenters. The second-order valence-electron chi connectivity index (χ2n) is 4.95. The van der Waals surface area contributed by atoms with Crippen LogP contribution in [0.25, 0.3) is 0 Å². The van der Waals surface area contributed by atoms with E-state index in [0.29, 0.717) is 5.75 Å². The standard InChI is InChI=1S/C12H13ClN2O5/c1-12(2,5-13)11(16)14-7-3-9-10(20-6-19-9)4-8(7)15(17)18/h3-4H,5-6H2,1-2H3,(H,14,16). The van der Waals surface area contributed by atoms with Crippen LogP contribution in [0.2, 0.25) is 0 Å². The Morgan fingerprint density at radius 1 is 1.45 bits per heavy atom. The Bertz CT molecular complexity index is 573. The van der Waals surface area contributed by atoms with Crippen LogP contribution >= 0.6 is 11.6 Å². The Morgan fingerprint density at radius 2 is 2.05 bits per heavy atom. The first kappa shape index (κ1) is 14.4. The van der Waals surface area contributed by atoms with Crippen LogP contribution in [0.1, 0.15) is 13.8 Å². The molecule has 0 saturated heterocycles. The third-order valence-corrected chi connectivity index (χ3v) is 3.55. The van der Waals surface area contributed by atoms with E-state index in [1.165, 1.54) is 12.1 Å². The van der Waals surface area contributed by atoms with Gasteiger partial charge < -0.3 is 14.8 Å². The van der Waals surface area contributed by atoms with E-state index >= 15 is 0 Å². The van der Waals surface area contributed by atoms with Gasteiger partial charge in [-0.1, -0.05) is 0 Å². The lowest BCUT2D eigenvalue weighted by molar-refractivity contribution is -0.384. The molecule has 0 aromatic heterocycles. The maximum atomic E-state index is 12.1. The van der Waals surface area contributed by atoms with Crippen LogP contribution in [0.15, 0.2) is 12.1 Å². The number of ether oxygens (including phenoxy) is 2. The fraction of sp³-hybridized carbons (Fsp3) is 0.417. The van der Waals surface area contributed by atoms with Gasteiger partial charge in [-0.2, -0.15) is 0 Å². The number of benzene rings is 1. The zero-order valence-electron chi connectivity index (χ0n) is 10.9. The van der Waals surface area contributed by atoms with E-state index in [2.05, 4.69) is 5.32 Å². The number of amides is 1. The van der Waals surface area contributed by atoms with E-state index in [1.807, 2.05) is 0 Å². The van der Waals surface area contributed by atoms with Crippen molar-refractivity contribution in [2.24, 2.45) is 5.41 Å². The molecule has 1 amide bonds. The smallest absolute Gasteiger partial charge is 0.296 e. The Morgan fingerprint density at radius 3 is 2.60 bits per heavy atom. The summed E-state index contributed by atoms with van der Waals surface area (Å²) in [5.41, 5.74) is -1.04. The average Bonchev–Trinajstić information content (AvgIpc) is 2.84. The molecule has 1 aromatic carbocycles. The number of carbonyl (C=O) groups is 1. The van der Waals surface area contributed by atoms with Gasteiger partial charge in [-0.15, -0.1) is 11.6 Å². The van der Waals surface area contributed by atoms with Gasteiger partial charge in [0.15, 0.2) is 11.5 Å². The fourth-order valence-corrected chi connectivity index (χ4v) is 1.66. The van der Waals surface area contributed by atoms with Gasteiger partial charge in [0.2, 0.25) is 12.7 Å². The highest BCUT2D eigenvalue weighted by atomic mass is 35.5. The molecule has 108 valence electrons. The summed E-state index contributed by atoms with van der Waals surface area (Å²) in [7, 11) is 0. The van der Waals surface area contributed by atoms with Gasteiger partial charge in [0.1, 0.15) is 5.69 Å². The van der Waals surface area contributed by atoms with Crippen LogP contribution < -0.4 is 14.8 Å². The van der Waals surface area contributed by atoms with Crippen molar-refractivity contribution in [1.29, 1.82) is 0 Å². The SMILES string of the molecule is CC(C)(CCl)C(=O)Nc1cc2c(cc1[N+](=O)[O-])OCO2. The van der Waals surface area contributed by atoms with Crippen molar-refractivity contribution in [2.45, 2.75) is 13.8 Å². The number of alkyl halides is 1. The van der Waals surface area contributed by atoms with E-state index in [0.717, 1.165) is 0 Å². The normalized spacial score (nSPS) is 13.2. The van der Waals surface area contributed by atoms with Crippen LogP contribution in [-0.2, 0) is 4.79 Å². The van der Waals surface area contributed by atoms with Crippen molar-refractivity contribution in [2.75, 3.05) is 18.0 Å². The van der Waals surface area contributed by atoms with E-state index < -0.39 is 16.2 Å². The monoisotopic (exact) mass is 300 g/mol. The molecular weight excluding hydrogens is 288 g/mol. The van der Waals surface area contributed by atoms with Crippen molar-refractivity contribution < 1.29 is 19.2 Å². The second kappa shape index (κ2) is 5.16. The molecule has 0 bridgehead atoms. The minimum atomic E-state index is -0.841. The van der Waals surface area contributed by atoms with Crippen LogP contribution in [0.4, 0.5) is 11.4 Å². The van der Waals surface area contributed by atoms with Gasteiger partial charge in [0.05, 0.1) is 16.4 Å². The van der Waals surface area contributed by atoms with Crippen molar-refractivity contribution in [3.05, 3.63) is 22.2 Å². The van der Waals surface area contributed by atoms with E-state index in [1.54, 1.807) is 13.8 Å².